The molecule has 0 aliphatic heterocycles. The molecule has 6 heteroatoms. The van der Waals surface area contributed by atoms with E-state index in [1.807, 2.05) is 6.92 Å². The Kier molecular flexibility index (Phi) is 5.07. The molecule has 0 bridgehead atoms. The number of Topliss-reactive ketones (excluding diaryl/α,β-unsaturated/α-hetero) is 1. The quantitative estimate of drug-likeness (QED) is 0.806. The van der Waals surface area contributed by atoms with Crippen LogP contribution in [0.5, 0.6) is 0 Å². The number of ketones is 1. The number of hydrogen-bond donors (Lipinski definition) is 1. The lowest BCUT2D eigenvalue weighted by atomic mass is 9.48. The molecule has 1 aromatic rings. The number of tetrazole rings is 1. The molecule has 1 heterocycles. The molecular weight excluding hydrogens is 376 g/mol. The number of aliphatic hydroxyl groups is 1. The van der Waals surface area contributed by atoms with Gasteiger partial charge in [-0.25, -0.2) is 0 Å². The van der Waals surface area contributed by atoms with Gasteiger partial charge in [0.25, 0.3) is 0 Å². The van der Waals surface area contributed by atoms with Gasteiger partial charge < -0.3 is 5.11 Å². The molecule has 166 valence electrons. The summed E-state index contributed by atoms with van der Waals surface area (Å²) in [6.45, 7) is 6.63. The molecular formula is C24H38N4O2. The Morgan fingerprint density at radius 3 is 2.63 bits per heavy atom. The third-order valence-electron chi connectivity index (χ3n) is 10.0. The number of carbonyl (C=O) groups excluding carboxylic acids is 1. The fourth-order valence-corrected chi connectivity index (χ4v) is 8.45. The first-order valence-corrected chi connectivity index (χ1v) is 12.3. The first-order chi connectivity index (χ1) is 14.3. The van der Waals surface area contributed by atoms with E-state index in [9.17, 15) is 9.90 Å². The highest BCUT2D eigenvalue weighted by Gasteiger charge is 2.58. The predicted molar refractivity (Wildman–Crippen MR) is 113 cm³/mol. The molecule has 0 amide bonds. The highest BCUT2D eigenvalue weighted by atomic mass is 16.3. The largest absolute Gasteiger partial charge is 0.390 e. The molecule has 0 spiro atoms. The molecule has 4 saturated carbocycles. The van der Waals surface area contributed by atoms with Crippen LogP contribution in [0.2, 0.25) is 0 Å². The summed E-state index contributed by atoms with van der Waals surface area (Å²) < 4.78 is 0. The Balaban J connectivity index is 1.30. The van der Waals surface area contributed by atoms with Gasteiger partial charge in [0.15, 0.2) is 11.6 Å². The minimum atomic E-state index is -0.407. The summed E-state index contributed by atoms with van der Waals surface area (Å²) in [6.07, 6.45) is 11.4. The van der Waals surface area contributed by atoms with Crippen molar-refractivity contribution in [3.63, 3.8) is 0 Å². The highest BCUT2D eigenvalue weighted by molar-refractivity contribution is 5.81. The minimum Gasteiger partial charge on any atom is -0.390 e. The lowest BCUT2D eigenvalue weighted by Gasteiger charge is -2.57. The van der Waals surface area contributed by atoms with Gasteiger partial charge in [-0.15, -0.1) is 10.2 Å². The van der Waals surface area contributed by atoms with E-state index >= 15 is 0 Å². The molecule has 0 aromatic carbocycles. The van der Waals surface area contributed by atoms with Crippen LogP contribution in [0.4, 0.5) is 0 Å². The lowest BCUT2D eigenvalue weighted by molar-refractivity contribution is -0.133. The van der Waals surface area contributed by atoms with Crippen LogP contribution in [-0.4, -0.2) is 36.7 Å². The topological polar surface area (TPSA) is 80.9 Å². The first-order valence-electron chi connectivity index (χ1n) is 12.3. The third-order valence-corrected chi connectivity index (χ3v) is 10.0. The van der Waals surface area contributed by atoms with Crippen molar-refractivity contribution in [3.05, 3.63) is 5.82 Å². The molecule has 4 aliphatic rings. The zero-order valence-electron chi connectivity index (χ0n) is 18.9. The van der Waals surface area contributed by atoms with Crippen molar-refractivity contribution in [1.82, 2.24) is 20.2 Å². The van der Waals surface area contributed by atoms with Crippen LogP contribution >= 0.6 is 0 Å². The van der Waals surface area contributed by atoms with Gasteiger partial charge in [-0.05, 0) is 111 Å². The van der Waals surface area contributed by atoms with E-state index in [-0.39, 0.29) is 17.9 Å². The Morgan fingerprint density at radius 1 is 1.10 bits per heavy atom. The van der Waals surface area contributed by atoms with Gasteiger partial charge in [0, 0.05) is 5.92 Å². The van der Waals surface area contributed by atoms with Crippen LogP contribution in [-0.2, 0) is 11.3 Å². The fourth-order valence-electron chi connectivity index (χ4n) is 8.45. The average molecular weight is 415 g/mol. The number of hydrogen-bond acceptors (Lipinski definition) is 5. The molecule has 2 unspecified atom stereocenters. The van der Waals surface area contributed by atoms with Crippen LogP contribution in [0.3, 0.4) is 0 Å². The van der Waals surface area contributed by atoms with E-state index in [1.54, 1.807) is 0 Å². The SMILES string of the molecule is CC[C@@]1(O)CC[C@H]2[C@@H](CCC3[C@@H]2CCC2(C)[C@@H](C(=O)Cn4nnc(C)n4)CC[C@@H]32)C1. The molecule has 6 nitrogen and oxygen atoms in total. The average Bonchev–Trinajstić information content (AvgIpc) is 3.29. The van der Waals surface area contributed by atoms with Crippen LogP contribution in [0, 0.1) is 47.8 Å². The molecule has 30 heavy (non-hydrogen) atoms. The fraction of sp³-hybridized carbons (Fsp3) is 0.917. The van der Waals surface area contributed by atoms with Crippen LogP contribution in [0.25, 0.3) is 0 Å². The monoisotopic (exact) mass is 414 g/mol. The number of carbonyl (C=O) groups is 1. The maximum absolute atomic E-state index is 13.2. The lowest BCUT2D eigenvalue weighted by Crippen LogP contribution is -2.51. The summed E-state index contributed by atoms with van der Waals surface area (Å²) in [5, 5.41) is 23.0. The van der Waals surface area contributed by atoms with E-state index < -0.39 is 5.60 Å². The Hall–Kier alpha value is -1.30. The van der Waals surface area contributed by atoms with Gasteiger partial charge in [0.1, 0.15) is 6.54 Å². The standard InChI is InChI=1S/C24H38N4O2/c1-4-24(30)12-10-17-16(13-24)5-6-19-18(17)9-11-23(3)20(19)7-8-21(23)22(29)14-28-26-15(2)25-27-28/h16-21,30H,4-14H2,1-3H3/t16-,17-,18+,19?,20-,21+,23?,24+/m0/s1. The Bertz CT molecular complexity index is 809. The molecule has 1 aromatic heterocycles. The van der Waals surface area contributed by atoms with Crippen molar-refractivity contribution in [2.45, 2.75) is 97.1 Å². The van der Waals surface area contributed by atoms with E-state index in [2.05, 4.69) is 29.3 Å². The predicted octanol–water partition coefficient (Wildman–Crippen LogP) is 3.96. The van der Waals surface area contributed by atoms with Gasteiger partial charge in [-0.1, -0.05) is 13.8 Å². The summed E-state index contributed by atoms with van der Waals surface area (Å²) >= 11 is 0. The van der Waals surface area contributed by atoms with E-state index in [0.717, 1.165) is 49.4 Å². The summed E-state index contributed by atoms with van der Waals surface area (Å²) in [6, 6.07) is 0. The zero-order chi connectivity index (χ0) is 21.1. The van der Waals surface area contributed by atoms with E-state index in [1.165, 1.54) is 43.3 Å². The van der Waals surface area contributed by atoms with Gasteiger partial charge >= 0.3 is 0 Å². The van der Waals surface area contributed by atoms with Gasteiger partial charge in [-0.2, -0.15) is 4.80 Å². The Morgan fingerprint density at radius 2 is 1.90 bits per heavy atom. The second-order valence-corrected chi connectivity index (χ2v) is 11.3. The van der Waals surface area contributed by atoms with Crippen molar-refractivity contribution < 1.29 is 9.90 Å². The number of fused-ring (bicyclic) bond motifs is 5. The van der Waals surface area contributed by atoms with Gasteiger partial charge in [0.05, 0.1) is 5.60 Å². The highest BCUT2D eigenvalue weighted by Crippen LogP contribution is 2.64. The van der Waals surface area contributed by atoms with Gasteiger partial charge in [-0.3, -0.25) is 4.79 Å². The summed E-state index contributed by atoms with van der Waals surface area (Å²) in [7, 11) is 0. The molecule has 0 saturated heterocycles. The third kappa shape index (κ3) is 3.25. The zero-order valence-corrected chi connectivity index (χ0v) is 18.9. The molecule has 0 radical (unpaired) electrons. The van der Waals surface area contributed by atoms with Crippen LogP contribution in [0.1, 0.15) is 83.9 Å². The van der Waals surface area contributed by atoms with Crippen LogP contribution < -0.4 is 0 Å². The van der Waals surface area contributed by atoms with Crippen molar-refractivity contribution in [2.75, 3.05) is 0 Å². The summed E-state index contributed by atoms with van der Waals surface area (Å²) in [5.41, 5.74) is -0.269. The van der Waals surface area contributed by atoms with Crippen molar-refractivity contribution in [3.8, 4) is 0 Å². The second kappa shape index (κ2) is 7.39. The summed E-state index contributed by atoms with van der Waals surface area (Å²) in [4.78, 5) is 14.7. The minimum absolute atomic E-state index is 0.138. The van der Waals surface area contributed by atoms with E-state index in [4.69, 9.17) is 0 Å². The smallest absolute Gasteiger partial charge is 0.171 e. The maximum Gasteiger partial charge on any atom is 0.171 e. The second-order valence-electron chi connectivity index (χ2n) is 11.3. The van der Waals surface area contributed by atoms with Crippen LogP contribution in [0.15, 0.2) is 0 Å². The number of aryl methyl sites for hydroxylation is 1. The van der Waals surface area contributed by atoms with Crippen molar-refractivity contribution >= 4 is 5.78 Å². The van der Waals surface area contributed by atoms with Crippen molar-refractivity contribution in [1.29, 1.82) is 0 Å². The van der Waals surface area contributed by atoms with Crippen molar-refractivity contribution in [2.24, 2.45) is 40.9 Å². The maximum atomic E-state index is 13.2. The first kappa shape index (κ1) is 20.6. The van der Waals surface area contributed by atoms with E-state index in [0.29, 0.717) is 17.5 Å². The molecule has 4 fully saturated rings. The normalized spacial score (nSPS) is 45.5. The number of rotatable bonds is 4. The number of nitrogens with zero attached hydrogens (tertiary/aromatic N) is 4. The van der Waals surface area contributed by atoms with Gasteiger partial charge in [0.2, 0.25) is 0 Å². The number of aromatic nitrogens is 4. The molecule has 1 N–H and O–H groups in total. The Labute approximate surface area is 180 Å². The molecule has 4 aliphatic carbocycles. The molecule has 5 rings (SSSR count). The summed E-state index contributed by atoms with van der Waals surface area (Å²) in [5.74, 6) is 4.87. The molecule has 8 atom stereocenters.